The van der Waals surface area contributed by atoms with Crippen LogP contribution in [-0.2, 0) is 0 Å². The van der Waals surface area contributed by atoms with Crippen LogP contribution in [0.5, 0.6) is 0 Å². The third-order valence-corrected chi connectivity index (χ3v) is 4.86. The van der Waals surface area contributed by atoms with Gasteiger partial charge in [-0.1, -0.05) is 30.3 Å². The van der Waals surface area contributed by atoms with Crippen LogP contribution in [0.3, 0.4) is 0 Å². The van der Waals surface area contributed by atoms with Crippen molar-refractivity contribution in [3.63, 3.8) is 0 Å². The number of halogens is 2. The minimum absolute atomic E-state index is 0. The highest BCUT2D eigenvalue weighted by molar-refractivity contribution is 14.1. The quantitative estimate of drug-likeness (QED) is 0.177. The Hall–Kier alpha value is -2.85. The molecule has 0 spiro atoms. The zero-order valence-electron chi connectivity index (χ0n) is 14.3. The first-order valence-corrected chi connectivity index (χ1v) is 9.16. The number of nitrogens with zero attached hydrogens (tertiary/aromatic N) is 5. The van der Waals surface area contributed by atoms with Gasteiger partial charge in [-0.05, 0) is 68.9 Å². The number of nitro benzene ring substituents is 1. The average Bonchev–Trinajstić information content (AvgIpc) is 3.14. The summed E-state index contributed by atoms with van der Waals surface area (Å²) in [7, 11) is 0. The van der Waals surface area contributed by atoms with Gasteiger partial charge in [0.15, 0.2) is 5.69 Å². The van der Waals surface area contributed by atoms with E-state index in [0.29, 0.717) is 11.5 Å². The second-order valence-electron chi connectivity index (χ2n) is 5.69. The smallest absolute Gasteiger partial charge is 0.340 e. The predicted octanol–water partition coefficient (Wildman–Crippen LogP) is 0.728. The van der Waals surface area contributed by atoms with Gasteiger partial charge < -0.3 is 12.4 Å². The van der Waals surface area contributed by atoms with Gasteiger partial charge in [0, 0.05) is 16.9 Å². The molecule has 0 aliphatic heterocycles. The number of nitro groups is 1. The first-order valence-electron chi connectivity index (χ1n) is 8.08. The van der Waals surface area contributed by atoms with Gasteiger partial charge in [-0.25, -0.2) is 0 Å². The molecule has 0 saturated heterocycles. The summed E-state index contributed by atoms with van der Waals surface area (Å²) >= 11 is 2.25. The molecule has 140 valence electrons. The lowest BCUT2D eigenvalue weighted by atomic mass is 10.2. The highest BCUT2D eigenvalue weighted by Crippen LogP contribution is 2.18. The molecule has 4 rings (SSSR count). The van der Waals surface area contributed by atoms with Crippen molar-refractivity contribution in [1.82, 2.24) is 15.0 Å². The summed E-state index contributed by atoms with van der Waals surface area (Å²) in [5.74, 6) is 0.564. The molecule has 1 aromatic heterocycles. The second kappa shape index (κ2) is 8.44. The lowest BCUT2D eigenvalue weighted by Crippen LogP contribution is -3.00. The molecule has 0 aliphatic rings. The summed E-state index contributed by atoms with van der Waals surface area (Å²) in [6.07, 6.45) is 0. The Bertz CT molecular complexity index is 1120. The first-order chi connectivity index (χ1) is 13.1. The van der Waals surface area contributed by atoms with Crippen LogP contribution in [-0.4, -0.2) is 19.9 Å². The zero-order valence-corrected chi connectivity index (χ0v) is 17.2. The Morgan fingerprint density at radius 2 is 1.57 bits per heavy atom. The third-order valence-electron chi connectivity index (χ3n) is 3.95. The Morgan fingerprint density at radius 1 is 0.929 bits per heavy atom. The molecule has 0 atom stereocenters. The van der Waals surface area contributed by atoms with Crippen LogP contribution in [0.4, 0.5) is 5.69 Å². The number of aromatic nitrogens is 4. The van der Waals surface area contributed by atoms with Gasteiger partial charge in [-0.2, -0.15) is 0 Å². The van der Waals surface area contributed by atoms with Gasteiger partial charge in [-0.15, -0.1) is 0 Å². The molecule has 0 radical (unpaired) electrons. The molecule has 7 nitrogen and oxygen atoms in total. The molecule has 3 aromatic carbocycles. The van der Waals surface area contributed by atoms with E-state index in [4.69, 9.17) is 0 Å². The number of hydrogen-bond donors (Lipinski definition) is 0. The van der Waals surface area contributed by atoms with Gasteiger partial charge in [0.05, 0.1) is 19.2 Å². The highest BCUT2D eigenvalue weighted by atomic mass is 127. The molecular weight excluding hydrogens is 493 g/mol. The van der Waals surface area contributed by atoms with Gasteiger partial charge in [0.2, 0.25) is 0 Å². The molecule has 28 heavy (non-hydrogen) atoms. The topological polar surface area (TPSA) is 77.7 Å². The molecule has 9 heteroatoms. The van der Waals surface area contributed by atoms with Crippen molar-refractivity contribution < 1.29 is 22.1 Å². The number of tetrazole rings is 1. The summed E-state index contributed by atoms with van der Waals surface area (Å²) < 4.78 is 1.01. The van der Waals surface area contributed by atoms with Crippen molar-refractivity contribution in [3.05, 3.63) is 92.5 Å². The van der Waals surface area contributed by atoms with Crippen LogP contribution < -0.4 is 17.2 Å². The molecule has 0 fully saturated rings. The fourth-order valence-corrected chi connectivity index (χ4v) is 3.23. The number of non-ortho nitro benzene ring substituents is 1. The normalized spacial score (nSPS) is 10.3. The standard InChI is InChI=1S/C19H13IN5O2.ClH/c20-17-8-4-5-9-18(17)24-22-19(14-6-2-1-3-7-14)21-23(24)15-10-12-16(13-11-15)25(26)27;/h1-13H;1H/q+1;/p-1. The molecule has 0 N–H and O–H groups in total. The Morgan fingerprint density at radius 3 is 2.21 bits per heavy atom. The SMILES string of the molecule is O=[N+]([O-])c1ccc(-n2nc(-c3ccccc3)n[n+]2-c2ccccc2I)cc1.[Cl-]. The van der Waals surface area contributed by atoms with E-state index in [1.54, 1.807) is 21.7 Å². The molecule has 0 amide bonds. The predicted molar refractivity (Wildman–Crippen MR) is 108 cm³/mol. The molecular formula is C19H13ClIN5O2. The minimum Gasteiger partial charge on any atom is -1.00 e. The van der Waals surface area contributed by atoms with Crippen LogP contribution in [0, 0.1) is 13.7 Å². The van der Waals surface area contributed by atoms with Crippen LogP contribution in [0.2, 0.25) is 0 Å². The van der Waals surface area contributed by atoms with Crippen molar-refractivity contribution >= 4 is 28.3 Å². The Labute approximate surface area is 180 Å². The third kappa shape index (κ3) is 3.87. The summed E-state index contributed by atoms with van der Waals surface area (Å²) in [6, 6.07) is 23.7. The van der Waals surface area contributed by atoms with Crippen LogP contribution in [0.25, 0.3) is 22.8 Å². The minimum atomic E-state index is -0.422. The van der Waals surface area contributed by atoms with Gasteiger partial charge in [0.25, 0.3) is 5.69 Å². The maximum Gasteiger partial charge on any atom is 0.340 e. The lowest BCUT2D eigenvalue weighted by molar-refractivity contribution is -0.735. The Kier molecular flexibility index (Phi) is 6.00. The summed E-state index contributed by atoms with van der Waals surface area (Å²) in [5.41, 5.74) is 2.46. The molecule has 0 unspecified atom stereocenters. The van der Waals surface area contributed by atoms with Crippen molar-refractivity contribution in [2.75, 3.05) is 0 Å². The van der Waals surface area contributed by atoms with Crippen molar-refractivity contribution in [2.24, 2.45) is 0 Å². The first kappa shape index (κ1) is 19.9. The van der Waals surface area contributed by atoms with E-state index < -0.39 is 4.92 Å². The number of para-hydroxylation sites is 1. The maximum atomic E-state index is 10.9. The Balaban J connectivity index is 0.00000225. The van der Waals surface area contributed by atoms with E-state index in [1.807, 2.05) is 54.6 Å². The summed E-state index contributed by atoms with van der Waals surface area (Å²) in [6.45, 7) is 0. The molecule has 0 saturated carbocycles. The van der Waals surface area contributed by atoms with Gasteiger partial charge in [-0.3, -0.25) is 10.1 Å². The molecule has 1 heterocycles. The van der Waals surface area contributed by atoms with Gasteiger partial charge >= 0.3 is 5.82 Å². The number of benzene rings is 3. The maximum absolute atomic E-state index is 10.9. The fraction of sp³-hybridized carbons (Fsp3) is 0. The molecule has 0 bridgehead atoms. The van der Waals surface area contributed by atoms with Crippen LogP contribution >= 0.6 is 22.6 Å². The van der Waals surface area contributed by atoms with Gasteiger partial charge in [0.1, 0.15) is 5.69 Å². The van der Waals surface area contributed by atoms with Crippen molar-refractivity contribution in [2.45, 2.75) is 0 Å². The van der Waals surface area contributed by atoms with E-state index in [-0.39, 0.29) is 18.1 Å². The zero-order chi connectivity index (χ0) is 18.8. The van der Waals surface area contributed by atoms with E-state index in [2.05, 4.69) is 32.8 Å². The van der Waals surface area contributed by atoms with Crippen molar-refractivity contribution in [1.29, 1.82) is 0 Å². The average molecular weight is 506 g/mol. The largest absolute Gasteiger partial charge is 1.00 e. The molecule has 0 aliphatic carbocycles. The van der Waals surface area contributed by atoms with Crippen molar-refractivity contribution in [3.8, 4) is 22.8 Å². The second-order valence-corrected chi connectivity index (χ2v) is 6.86. The highest BCUT2D eigenvalue weighted by Gasteiger charge is 2.25. The van der Waals surface area contributed by atoms with E-state index >= 15 is 0 Å². The van der Waals surface area contributed by atoms with Crippen LogP contribution in [0.15, 0.2) is 78.9 Å². The molecule has 4 aromatic rings. The van der Waals surface area contributed by atoms with Crippen LogP contribution in [0.1, 0.15) is 0 Å². The number of hydrogen-bond acceptors (Lipinski definition) is 4. The summed E-state index contributed by atoms with van der Waals surface area (Å²) in [5, 5.41) is 20.2. The monoisotopic (exact) mass is 505 g/mol. The summed E-state index contributed by atoms with van der Waals surface area (Å²) in [4.78, 5) is 13.9. The lowest BCUT2D eigenvalue weighted by Gasteiger charge is -2.01. The van der Waals surface area contributed by atoms with E-state index in [0.717, 1.165) is 14.8 Å². The number of rotatable bonds is 4. The van der Waals surface area contributed by atoms with E-state index in [9.17, 15) is 10.1 Å². The van der Waals surface area contributed by atoms with E-state index in [1.165, 1.54) is 12.1 Å². The fourth-order valence-electron chi connectivity index (χ4n) is 2.63.